The summed E-state index contributed by atoms with van der Waals surface area (Å²) in [5.74, 6) is 2.95. The molecule has 28 heavy (non-hydrogen) atoms. The minimum Gasteiger partial charge on any atom is -0.493 e. The summed E-state index contributed by atoms with van der Waals surface area (Å²) in [6.45, 7) is 3.25. The van der Waals surface area contributed by atoms with Crippen molar-refractivity contribution in [2.75, 3.05) is 26.3 Å². The summed E-state index contributed by atoms with van der Waals surface area (Å²) in [7, 11) is 0. The van der Waals surface area contributed by atoms with Crippen LogP contribution in [0.2, 0.25) is 0 Å². The number of aryl methyl sites for hydroxylation is 1. The van der Waals surface area contributed by atoms with Gasteiger partial charge < -0.3 is 14.4 Å². The van der Waals surface area contributed by atoms with E-state index in [0.717, 1.165) is 69.9 Å². The Hall–Kier alpha value is -2.49. The highest BCUT2D eigenvalue weighted by Crippen LogP contribution is 2.46. The van der Waals surface area contributed by atoms with E-state index in [9.17, 15) is 4.79 Å². The van der Waals surface area contributed by atoms with Crippen LogP contribution < -0.4 is 9.47 Å². The summed E-state index contributed by atoms with van der Waals surface area (Å²) in [6.07, 6.45) is 5.42. The van der Waals surface area contributed by atoms with Crippen LogP contribution in [0.25, 0.3) is 0 Å². The fourth-order valence-corrected chi connectivity index (χ4v) is 4.93. The van der Waals surface area contributed by atoms with Crippen molar-refractivity contribution in [1.82, 2.24) is 4.90 Å². The molecule has 0 bridgehead atoms. The van der Waals surface area contributed by atoms with Gasteiger partial charge in [0.25, 0.3) is 0 Å². The van der Waals surface area contributed by atoms with Crippen LogP contribution >= 0.6 is 0 Å². The van der Waals surface area contributed by atoms with Gasteiger partial charge in [0.05, 0.1) is 13.2 Å². The molecular formula is C24H27NO3. The van der Waals surface area contributed by atoms with Crippen LogP contribution in [0.5, 0.6) is 11.5 Å². The molecule has 0 spiro atoms. The fourth-order valence-electron chi connectivity index (χ4n) is 4.93. The lowest BCUT2D eigenvalue weighted by Gasteiger charge is -2.33. The first-order chi connectivity index (χ1) is 13.8. The van der Waals surface area contributed by atoms with E-state index in [0.29, 0.717) is 12.3 Å². The highest BCUT2D eigenvalue weighted by atomic mass is 16.5. The van der Waals surface area contributed by atoms with Gasteiger partial charge in [-0.1, -0.05) is 30.3 Å². The van der Waals surface area contributed by atoms with E-state index in [2.05, 4.69) is 23.1 Å². The number of piperidine rings is 1. The van der Waals surface area contributed by atoms with Gasteiger partial charge in [0.15, 0.2) is 0 Å². The Morgan fingerprint density at radius 1 is 1.04 bits per heavy atom. The number of benzene rings is 2. The first kappa shape index (κ1) is 17.6. The van der Waals surface area contributed by atoms with Gasteiger partial charge >= 0.3 is 0 Å². The Morgan fingerprint density at radius 2 is 1.82 bits per heavy atom. The number of rotatable bonds is 4. The Morgan fingerprint density at radius 3 is 2.64 bits per heavy atom. The highest BCUT2D eigenvalue weighted by molar-refractivity contribution is 5.76. The Bertz CT molecular complexity index is 837. The van der Waals surface area contributed by atoms with E-state index >= 15 is 0 Å². The smallest absolute Gasteiger partial charge is 0.222 e. The lowest BCUT2D eigenvalue weighted by Crippen LogP contribution is -2.38. The minimum absolute atomic E-state index is 0.283. The summed E-state index contributed by atoms with van der Waals surface area (Å²) in [4.78, 5) is 14.7. The second-order valence-electron chi connectivity index (χ2n) is 8.09. The van der Waals surface area contributed by atoms with Gasteiger partial charge in [0, 0.05) is 49.0 Å². The second-order valence-corrected chi connectivity index (χ2v) is 8.09. The number of hydrogen-bond donors (Lipinski definition) is 0. The SMILES string of the molecule is O=C(CCc1ccccc1)N1CCC(c2c3c(cc4c2OCC4)OCC3)CC1. The topological polar surface area (TPSA) is 38.8 Å². The number of likely N-dealkylation sites (tertiary alicyclic amines) is 1. The molecule has 0 atom stereocenters. The summed E-state index contributed by atoms with van der Waals surface area (Å²) in [6, 6.07) is 12.5. The van der Waals surface area contributed by atoms with E-state index in [1.54, 1.807) is 0 Å². The lowest BCUT2D eigenvalue weighted by molar-refractivity contribution is -0.132. The van der Waals surface area contributed by atoms with E-state index < -0.39 is 0 Å². The Balaban J connectivity index is 1.25. The number of nitrogens with zero attached hydrogens (tertiary/aromatic N) is 1. The number of fused-ring (bicyclic) bond motifs is 2. The van der Waals surface area contributed by atoms with Crippen molar-refractivity contribution in [3.05, 3.63) is 58.7 Å². The first-order valence-electron chi connectivity index (χ1n) is 10.6. The predicted octanol–water partition coefficient (Wildman–Crippen LogP) is 3.90. The molecule has 1 amide bonds. The maximum absolute atomic E-state index is 12.7. The average Bonchev–Trinajstić information content (AvgIpc) is 3.40. The van der Waals surface area contributed by atoms with Gasteiger partial charge in [0.2, 0.25) is 5.91 Å². The molecule has 1 saturated heterocycles. The van der Waals surface area contributed by atoms with E-state index in [-0.39, 0.29) is 5.91 Å². The number of carbonyl (C=O) groups excluding carboxylic acids is 1. The van der Waals surface area contributed by atoms with Crippen molar-refractivity contribution in [3.63, 3.8) is 0 Å². The molecule has 3 aliphatic rings. The van der Waals surface area contributed by atoms with Gasteiger partial charge in [-0.2, -0.15) is 0 Å². The summed E-state index contributed by atoms with van der Waals surface area (Å²) in [5.41, 5.74) is 5.28. The van der Waals surface area contributed by atoms with Gasteiger partial charge in [0.1, 0.15) is 11.5 Å². The van der Waals surface area contributed by atoms with E-state index in [4.69, 9.17) is 9.47 Å². The van der Waals surface area contributed by atoms with Crippen LogP contribution in [0, 0.1) is 0 Å². The largest absolute Gasteiger partial charge is 0.493 e. The quantitative estimate of drug-likeness (QED) is 0.811. The molecule has 146 valence electrons. The minimum atomic E-state index is 0.283. The molecule has 5 rings (SSSR count). The van der Waals surface area contributed by atoms with E-state index in [1.807, 2.05) is 18.2 Å². The number of carbonyl (C=O) groups is 1. The number of hydrogen-bond acceptors (Lipinski definition) is 3. The summed E-state index contributed by atoms with van der Waals surface area (Å²) in [5, 5.41) is 0. The highest BCUT2D eigenvalue weighted by Gasteiger charge is 2.33. The molecule has 0 aliphatic carbocycles. The third kappa shape index (κ3) is 3.25. The van der Waals surface area contributed by atoms with Crippen molar-refractivity contribution in [3.8, 4) is 11.5 Å². The molecule has 4 nitrogen and oxygen atoms in total. The summed E-state index contributed by atoms with van der Waals surface area (Å²) >= 11 is 0. The molecule has 0 unspecified atom stereocenters. The predicted molar refractivity (Wildman–Crippen MR) is 108 cm³/mol. The second kappa shape index (κ2) is 7.50. The van der Waals surface area contributed by atoms with Crippen molar-refractivity contribution in [1.29, 1.82) is 0 Å². The number of amides is 1. The number of ether oxygens (including phenoxy) is 2. The zero-order valence-electron chi connectivity index (χ0n) is 16.3. The maximum atomic E-state index is 12.7. The molecule has 3 aliphatic heterocycles. The van der Waals surface area contributed by atoms with Crippen LogP contribution in [0.1, 0.15) is 47.4 Å². The first-order valence-corrected chi connectivity index (χ1v) is 10.6. The Labute approximate surface area is 166 Å². The average molecular weight is 377 g/mol. The molecule has 2 aromatic rings. The molecule has 0 saturated carbocycles. The van der Waals surface area contributed by atoms with Gasteiger partial charge in [-0.25, -0.2) is 0 Å². The zero-order valence-corrected chi connectivity index (χ0v) is 16.3. The molecule has 0 radical (unpaired) electrons. The molecule has 3 heterocycles. The lowest BCUT2D eigenvalue weighted by atomic mass is 9.83. The standard InChI is InChI=1S/C24H27NO3/c26-22(7-6-17-4-2-1-3-5-17)25-12-8-18(9-13-25)23-20-11-15-27-21(20)16-19-10-14-28-24(19)23/h1-5,16,18H,6-15H2. The maximum Gasteiger partial charge on any atom is 0.222 e. The van der Waals surface area contributed by atoms with Crippen LogP contribution in [-0.2, 0) is 24.1 Å². The van der Waals surface area contributed by atoms with E-state index in [1.165, 1.54) is 22.3 Å². The summed E-state index contributed by atoms with van der Waals surface area (Å²) < 4.78 is 11.9. The van der Waals surface area contributed by atoms with Gasteiger partial charge in [-0.3, -0.25) is 4.79 Å². The third-order valence-electron chi connectivity index (χ3n) is 6.42. The zero-order chi connectivity index (χ0) is 18.9. The van der Waals surface area contributed by atoms with Gasteiger partial charge in [-0.05, 0) is 36.8 Å². The van der Waals surface area contributed by atoms with Crippen molar-refractivity contribution in [2.24, 2.45) is 0 Å². The molecule has 1 fully saturated rings. The molecule has 2 aromatic carbocycles. The molecule has 0 aromatic heterocycles. The van der Waals surface area contributed by atoms with Crippen LogP contribution in [0.15, 0.2) is 36.4 Å². The third-order valence-corrected chi connectivity index (χ3v) is 6.42. The molecule has 4 heteroatoms. The Kier molecular flexibility index (Phi) is 4.71. The fraction of sp³-hybridized carbons (Fsp3) is 0.458. The van der Waals surface area contributed by atoms with Crippen molar-refractivity contribution >= 4 is 5.91 Å². The van der Waals surface area contributed by atoms with Gasteiger partial charge in [-0.15, -0.1) is 0 Å². The normalized spacial score (nSPS) is 18.4. The van der Waals surface area contributed by atoms with Crippen molar-refractivity contribution < 1.29 is 14.3 Å². The van der Waals surface area contributed by atoms with Crippen LogP contribution in [-0.4, -0.2) is 37.1 Å². The van der Waals surface area contributed by atoms with Crippen LogP contribution in [0.3, 0.4) is 0 Å². The molecule has 0 N–H and O–H groups in total. The van der Waals surface area contributed by atoms with Crippen molar-refractivity contribution in [2.45, 2.75) is 44.4 Å². The monoisotopic (exact) mass is 377 g/mol. The molecular weight excluding hydrogens is 350 g/mol. The van der Waals surface area contributed by atoms with Crippen LogP contribution in [0.4, 0.5) is 0 Å².